The molecule has 1 amide bonds. The van der Waals surface area contributed by atoms with Crippen molar-refractivity contribution in [2.75, 3.05) is 11.9 Å². The molecule has 1 N–H and O–H groups in total. The Hall–Kier alpha value is -2.94. The summed E-state index contributed by atoms with van der Waals surface area (Å²) < 4.78 is 12.3. The highest BCUT2D eigenvalue weighted by Gasteiger charge is 2.15. The normalized spacial score (nSPS) is 10.8. The second kappa shape index (κ2) is 8.17. The number of aromatic nitrogens is 3. The zero-order chi connectivity index (χ0) is 19.4. The number of esters is 1. The predicted molar refractivity (Wildman–Crippen MR) is 99.9 cm³/mol. The van der Waals surface area contributed by atoms with E-state index in [1.54, 1.807) is 24.4 Å². The fourth-order valence-corrected chi connectivity index (χ4v) is 3.24. The topological polar surface area (TPSA) is 99.2 Å². The lowest BCUT2D eigenvalue weighted by atomic mass is 10.3. The quantitative estimate of drug-likeness (QED) is 0.625. The highest BCUT2D eigenvalue weighted by Crippen LogP contribution is 2.18. The summed E-state index contributed by atoms with van der Waals surface area (Å²) in [5.74, 6) is 0.0781. The van der Waals surface area contributed by atoms with Crippen LogP contribution in [0.5, 0.6) is 0 Å². The first-order chi connectivity index (χ1) is 12.9. The minimum atomic E-state index is -0.397. The van der Waals surface area contributed by atoms with Crippen LogP contribution in [-0.4, -0.2) is 33.2 Å². The van der Waals surface area contributed by atoms with Gasteiger partial charge in [0.2, 0.25) is 0 Å². The molecule has 0 saturated carbocycles. The van der Waals surface area contributed by atoms with Crippen LogP contribution < -0.4 is 5.32 Å². The van der Waals surface area contributed by atoms with Gasteiger partial charge in [-0.25, -0.2) is 4.98 Å². The molecule has 0 bridgehead atoms. The van der Waals surface area contributed by atoms with E-state index in [9.17, 15) is 9.59 Å². The maximum Gasteiger partial charge on any atom is 0.311 e. The van der Waals surface area contributed by atoms with Crippen molar-refractivity contribution in [1.29, 1.82) is 0 Å². The van der Waals surface area contributed by atoms with Crippen molar-refractivity contribution in [2.45, 2.75) is 33.7 Å². The Bertz CT molecular complexity index is 956. The van der Waals surface area contributed by atoms with Crippen LogP contribution in [0.25, 0.3) is 0 Å². The molecule has 0 saturated heterocycles. The number of nitrogens with one attached hydrogen (secondary N) is 1. The number of aryl methyl sites for hydroxylation is 2. The smallest absolute Gasteiger partial charge is 0.311 e. The first-order valence-corrected chi connectivity index (χ1v) is 9.33. The molecule has 9 heteroatoms. The molecular weight excluding hydrogens is 368 g/mol. The number of furan rings is 1. The van der Waals surface area contributed by atoms with Gasteiger partial charge in [-0.3, -0.25) is 19.6 Å². The Labute approximate surface area is 160 Å². The van der Waals surface area contributed by atoms with Crippen LogP contribution in [-0.2, 0) is 22.5 Å². The van der Waals surface area contributed by atoms with Gasteiger partial charge in [0.1, 0.15) is 5.76 Å². The zero-order valence-electron chi connectivity index (χ0n) is 15.3. The number of carbonyl (C=O) groups is 2. The number of hydrogen-bond acceptors (Lipinski definition) is 7. The molecule has 0 spiro atoms. The van der Waals surface area contributed by atoms with Crippen molar-refractivity contribution in [2.24, 2.45) is 0 Å². The molecule has 0 aliphatic heterocycles. The predicted octanol–water partition coefficient (Wildman–Crippen LogP) is 2.96. The second-order valence-corrected chi connectivity index (χ2v) is 6.79. The molecule has 8 nitrogen and oxygen atoms in total. The molecule has 3 aromatic heterocycles. The lowest BCUT2D eigenvalue weighted by Crippen LogP contribution is -2.11. The SMILES string of the molecule is CCOC(=O)Cc1csc(NC(=O)c2ccc(Cn3nc(C)cc3C)o2)n1. The van der Waals surface area contributed by atoms with Crippen LogP contribution >= 0.6 is 11.3 Å². The van der Waals surface area contributed by atoms with Gasteiger partial charge in [-0.05, 0) is 39.0 Å². The number of ether oxygens (including phenoxy) is 1. The third kappa shape index (κ3) is 4.82. The van der Waals surface area contributed by atoms with Crippen molar-refractivity contribution < 1.29 is 18.7 Å². The molecule has 0 unspecified atom stereocenters. The maximum absolute atomic E-state index is 12.3. The van der Waals surface area contributed by atoms with Gasteiger partial charge in [-0.2, -0.15) is 5.10 Å². The van der Waals surface area contributed by atoms with Gasteiger partial charge < -0.3 is 9.15 Å². The van der Waals surface area contributed by atoms with Crippen LogP contribution in [0.3, 0.4) is 0 Å². The minimum absolute atomic E-state index is 0.0771. The van der Waals surface area contributed by atoms with Crippen molar-refractivity contribution in [1.82, 2.24) is 14.8 Å². The van der Waals surface area contributed by atoms with E-state index in [-0.39, 0.29) is 18.2 Å². The van der Waals surface area contributed by atoms with Gasteiger partial charge in [0, 0.05) is 11.1 Å². The average molecular weight is 388 g/mol. The summed E-state index contributed by atoms with van der Waals surface area (Å²) >= 11 is 1.24. The van der Waals surface area contributed by atoms with Crippen molar-refractivity contribution in [3.8, 4) is 0 Å². The summed E-state index contributed by atoms with van der Waals surface area (Å²) in [6.07, 6.45) is 0.0771. The van der Waals surface area contributed by atoms with E-state index >= 15 is 0 Å². The zero-order valence-corrected chi connectivity index (χ0v) is 16.1. The molecule has 3 aromatic rings. The number of carbonyl (C=O) groups excluding carboxylic acids is 2. The van der Waals surface area contributed by atoms with E-state index in [1.165, 1.54) is 11.3 Å². The molecule has 3 heterocycles. The molecular formula is C18H20N4O4S. The summed E-state index contributed by atoms with van der Waals surface area (Å²) in [7, 11) is 0. The van der Waals surface area contributed by atoms with E-state index in [0.717, 1.165) is 11.4 Å². The van der Waals surface area contributed by atoms with E-state index in [4.69, 9.17) is 9.15 Å². The van der Waals surface area contributed by atoms with E-state index in [2.05, 4.69) is 15.4 Å². The lowest BCUT2D eigenvalue weighted by molar-refractivity contribution is -0.142. The highest BCUT2D eigenvalue weighted by molar-refractivity contribution is 7.14. The molecule has 27 heavy (non-hydrogen) atoms. The van der Waals surface area contributed by atoms with Crippen LogP contribution in [0.1, 0.15) is 40.3 Å². The Morgan fingerprint density at radius 3 is 2.85 bits per heavy atom. The molecule has 0 aliphatic rings. The number of amides is 1. The van der Waals surface area contributed by atoms with Crippen LogP contribution in [0, 0.1) is 13.8 Å². The number of anilines is 1. The number of nitrogens with zero attached hydrogens (tertiary/aromatic N) is 3. The summed E-state index contributed by atoms with van der Waals surface area (Å²) in [6.45, 7) is 6.41. The Balaban J connectivity index is 1.60. The monoisotopic (exact) mass is 388 g/mol. The highest BCUT2D eigenvalue weighted by atomic mass is 32.1. The molecule has 0 aliphatic carbocycles. The van der Waals surface area contributed by atoms with Crippen molar-refractivity contribution >= 4 is 28.3 Å². The molecule has 0 atom stereocenters. The lowest BCUT2D eigenvalue weighted by Gasteiger charge is -2.01. The molecule has 0 radical (unpaired) electrons. The molecule has 0 aromatic carbocycles. The Kier molecular flexibility index (Phi) is 5.70. The van der Waals surface area contributed by atoms with Gasteiger partial charge in [-0.15, -0.1) is 11.3 Å². The summed E-state index contributed by atoms with van der Waals surface area (Å²) in [5.41, 5.74) is 2.50. The average Bonchev–Trinajstić information content (AvgIpc) is 3.30. The van der Waals surface area contributed by atoms with Gasteiger partial charge in [0.05, 0.1) is 31.0 Å². The van der Waals surface area contributed by atoms with Gasteiger partial charge >= 0.3 is 5.97 Å². The largest absolute Gasteiger partial charge is 0.466 e. The van der Waals surface area contributed by atoms with Crippen LogP contribution in [0.2, 0.25) is 0 Å². The van der Waals surface area contributed by atoms with Crippen molar-refractivity contribution in [3.05, 3.63) is 52.2 Å². The first kappa shape index (κ1) is 18.8. The van der Waals surface area contributed by atoms with E-state index < -0.39 is 5.91 Å². The van der Waals surface area contributed by atoms with Crippen molar-refractivity contribution in [3.63, 3.8) is 0 Å². The number of thiazole rings is 1. The second-order valence-electron chi connectivity index (χ2n) is 5.93. The minimum Gasteiger partial charge on any atom is -0.466 e. The molecule has 142 valence electrons. The van der Waals surface area contributed by atoms with Gasteiger partial charge in [0.15, 0.2) is 10.9 Å². The fourth-order valence-electron chi connectivity index (χ4n) is 2.53. The standard InChI is InChI=1S/C18H20N4O4S/c1-4-25-16(23)8-13-10-27-18(19-13)20-17(24)15-6-5-14(26-15)9-22-12(3)7-11(2)21-22/h5-7,10H,4,8-9H2,1-3H3,(H,19,20,24). The molecule has 0 fully saturated rings. The van der Waals surface area contributed by atoms with Crippen LogP contribution in [0.4, 0.5) is 5.13 Å². The fraction of sp³-hybridized carbons (Fsp3) is 0.333. The van der Waals surface area contributed by atoms with E-state index in [0.29, 0.717) is 29.7 Å². The Morgan fingerprint density at radius 2 is 2.15 bits per heavy atom. The van der Waals surface area contributed by atoms with Gasteiger partial charge in [0.25, 0.3) is 5.91 Å². The first-order valence-electron chi connectivity index (χ1n) is 8.45. The van der Waals surface area contributed by atoms with Crippen LogP contribution in [0.15, 0.2) is 28.0 Å². The summed E-state index contributed by atoms with van der Waals surface area (Å²) in [4.78, 5) is 28.0. The summed E-state index contributed by atoms with van der Waals surface area (Å²) in [5, 5.41) is 9.16. The van der Waals surface area contributed by atoms with E-state index in [1.807, 2.05) is 24.6 Å². The molecule has 3 rings (SSSR count). The number of hydrogen-bond donors (Lipinski definition) is 1. The van der Waals surface area contributed by atoms with Gasteiger partial charge in [-0.1, -0.05) is 0 Å². The maximum atomic E-state index is 12.3. The third-order valence-electron chi connectivity index (χ3n) is 3.70. The third-order valence-corrected chi connectivity index (χ3v) is 4.50. The number of rotatable bonds is 7. The summed E-state index contributed by atoms with van der Waals surface area (Å²) in [6, 6.07) is 5.34. The Morgan fingerprint density at radius 1 is 1.33 bits per heavy atom.